The Hall–Kier alpha value is -3.76. The highest BCUT2D eigenvalue weighted by molar-refractivity contribution is 7.92. The van der Waals surface area contributed by atoms with Crippen LogP contribution in [0.25, 0.3) is 0 Å². The van der Waals surface area contributed by atoms with Gasteiger partial charge in [0.05, 0.1) is 10.1 Å². The third-order valence-electron chi connectivity index (χ3n) is 6.59. The molecule has 0 aliphatic heterocycles. The topological polar surface area (TPSA) is 133 Å². The Kier molecular flexibility index (Phi) is 8.13. The SMILES string of the molecule is NC1(C(=O)OCc2ccccc2)CCCC1S(=O)(=O)c1ccc(Oc2ccc(F)cc2)cc1CCC(=O)O. The van der Waals surface area contributed by atoms with Crippen molar-refractivity contribution in [1.82, 2.24) is 0 Å². The predicted molar refractivity (Wildman–Crippen MR) is 137 cm³/mol. The Balaban J connectivity index is 1.62. The van der Waals surface area contributed by atoms with Crippen molar-refractivity contribution in [2.45, 2.75) is 54.4 Å². The molecular formula is C28H28FNO7S. The molecule has 3 N–H and O–H groups in total. The summed E-state index contributed by atoms with van der Waals surface area (Å²) in [5, 5.41) is 7.98. The first-order valence-electron chi connectivity index (χ1n) is 12.1. The van der Waals surface area contributed by atoms with E-state index in [9.17, 15) is 27.5 Å². The van der Waals surface area contributed by atoms with E-state index in [1.54, 1.807) is 24.3 Å². The van der Waals surface area contributed by atoms with E-state index in [1.165, 1.54) is 42.5 Å². The second-order valence-corrected chi connectivity index (χ2v) is 11.3. The van der Waals surface area contributed by atoms with Crippen molar-refractivity contribution in [1.29, 1.82) is 0 Å². The van der Waals surface area contributed by atoms with Gasteiger partial charge in [-0.05, 0) is 79.3 Å². The number of nitrogens with two attached hydrogens (primary N) is 1. The van der Waals surface area contributed by atoms with Gasteiger partial charge in [0.2, 0.25) is 0 Å². The molecule has 3 aromatic carbocycles. The van der Waals surface area contributed by atoms with Crippen LogP contribution in [-0.4, -0.2) is 36.3 Å². The Bertz CT molecular complexity index is 1410. The fourth-order valence-corrected chi connectivity index (χ4v) is 6.98. The second-order valence-electron chi connectivity index (χ2n) is 9.25. The monoisotopic (exact) mass is 541 g/mol. The maximum Gasteiger partial charge on any atom is 0.327 e. The number of sulfone groups is 1. The van der Waals surface area contributed by atoms with Crippen LogP contribution in [0.5, 0.6) is 11.5 Å². The van der Waals surface area contributed by atoms with Gasteiger partial charge in [-0.15, -0.1) is 0 Å². The molecule has 0 bridgehead atoms. The van der Waals surface area contributed by atoms with Crippen molar-refractivity contribution in [2.24, 2.45) is 5.73 Å². The molecular weight excluding hydrogens is 513 g/mol. The van der Waals surface area contributed by atoms with Gasteiger partial charge < -0.3 is 20.3 Å². The number of rotatable bonds is 10. The van der Waals surface area contributed by atoms with Crippen LogP contribution in [0.1, 0.15) is 36.8 Å². The third-order valence-corrected chi connectivity index (χ3v) is 9.01. The number of halogens is 1. The first-order chi connectivity index (χ1) is 18.1. The Morgan fingerprint density at radius 1 is 1.03 bits per heavy atom. The molecule has 1 aliphatic rings. The molecule has 1 saturated carbocycles. The van der Waals surface area contributed by atoms with Gasteiger partial charge >= 0.3 is 11.9 Å². The molecule has 0 aromatic heterocycles. The van der Waals surface area contributed by atoms with Crippen molar-refractivity contribution in [3.05, 3.63) is 89.7 Å². The van der Waals surface area contributed by atoms with Crippen molar-refractivity contribution >= 4 is 21.8 Å². The fraction of sp³-hybridized carbons (Fsp3) is 0.286. The molecule has 2 unspecified atom stereocenters. The van der Waals surface area contributed by atoms with Crippen LogP contribution in [0.4, 0.5) is 4.39 Å². The minimum atomic E-state index is -4.17. The molecule has 4 rings (SSSR count). The molecule has 1 fully saturated rings. The minimum absolute atomic E-state index is 0.0370. The summed E-state index contributed by atoms with van der Waals surface area (Å²) in [5.74, 6) is -1.76. The maximum atomic E-state index is 13.9. The molecule has 0 heterocycles. The highest BCUT2D eigenvalue weighted by atomic mass is 32.2. The standard InChI is InChI=1S/C28H28FNO7S/c29-21-9-11-22(12-10-21)37-23-13-14-24(20(17-23)8-15-26(31)32)38(34,35)25-7-4-16-28(25,30)27(33)36-18-19-5-2-1-3-6-19/h1-3,5-6,9-14,17,25H,4,7-8,15-16,18,30H2,(H,31,32). The number of aliphatic carboxylic acids is 1. The molecule has 3 aromatic rings. The largest absolute Gasteiger partial charge is 0.481 e. The maximum absolute atomic E-state index is 13.9. The number of benzene rings is 3. The smallest absolute Gasteiger partial charge is 0.327 e. The van der Waals surface area contributed by atoms with Gasteiger partial charge in [-0.1, -0.05) is 30.3 Å². The summed E-state index contributed by atoms with van der Waals surface area (Å²) in [6, 6.07) is 18.5. The van der Waals surface area contributed by atoms with Crippen molar-refractivity contribution in [2.75, 3.05) is 0 Å². The van der Waals surface area contributed by atoms with Crippen LogP contribution in [0.15, 0.2) is 77.7 Å². The number of hydrogen-bond acceptors (Lipinski definition) is 7. The fourth-order valence-electron chi connectivity index (χ4n) is 4.65. The van der Waals surface area contributed by atoms with Crippen LogP contribution < -0.4 is 10.5 Å². The van der Waals surface area contributed by atoms with E-state index in [2.05, 4.69) is 0 Å². The number of carbonyl (C=O) groups is 2. The van der Waals surface area contributed by atoms with Crippen LogP contribution in [0, 0.1) is 5.82 Å². The van der Waals surface area contributed by atoms with Crippen molar-refractivity contribution in [3.63, 3.8) is 0 Å². The predicted octanol–water partition coefficient (Wildman–Crippen LogP) is 4.40. The normalized spacial score (nSPS) is 19.2. The van der Waals surface area contributed by atoms with Gasteiger partial charge in [-0.2, -0.15) is 0 Å². The van der Waals surface area contributed by atoms with E-state index in [4.69, 9.17) is 15.2 Å². The molecule has 2 atom stereocenters. The second kappa shape index (κ2) is 11.3. The third kappa shape index (κ3) is 6.03. The van der Waals surface area contributed by atoms with E-state index < -0.39 is 38.4 Å². The first kappa shape index (κ1) is 27.3. The number of carbonyl (C=O) groups excluding carboxylic acids is 1. The lowest BCUT2D eigenvalue weighted by Crippen LogP contribution is -2.57. The van der Waals surface area contributed by atoms with Crippen LogP contribution in [0.2, 0.25) is 0 Å². The summed E-state index contributed by atoms with van der Waals surface area (Å²) in [4.78, 5) is 24.2. The van der Waals surface area contributed by atoms with Crippen LogP contribution >= 0.6 is 0 Å². The molecule has 10 heteroatoms. The zero-order chi connectivity index (χ0) is 27.3. The van der Waals surface area contributed by atoms with Gasteiger partial charge in [0, 0.05) is 6.42 Å². The molecule has 0 spiro atoms. The lowest BCUT2D eigenvalue weighted by atomic mass is 9.99. The number of carboxylic acids is 1. The number of ether oxygens (including phenoxy) is 2. The van der Waals surface area contributed by atoms with E-state index >= 15 is 0 Å². The molecule has 200 valence electrons. The molecule has 0 radical (unpaired) electrons. The number of esters is 1. The molecule has 8 nitrogen and oxygen atoms in total. The number of hydrogen-bond donors (Lipinski definition) is 2. The molecule has 1 aliphatic carbocycles. The highest BCUT2D eigenvalue weighted by Gasteiger charge is 2.54. The Labute approximate surface area is 220 Å². The average Bonchev–Trinajstić information content (AvgIpc) is 3.31. The lowest BCUT2D eigenvalue weighted by molar-refractivity contribution is -0.151. The van der Waals surface area contributed by atoms with Crippen molar-refractivity contribution < 1.29 is 37.0 Å². The summed E-state index contributed by atoms with van der Waals surface area (Å²) in [6.07, 6.45) is 0.302. The Morgan fingerprint density at radius 3 is 2.39 bits per heavy atom. The summed E-state index contributed by atoms with van der Waals surface area (Å²) in [5.41, 5.74) is 5.66. The molecule has 0 saturated heterocycles. The number of carboxylic acid groups (broad SMARTS) is 1. The van der Waals surface area contributed by atoms with Gasteiger partial charge in [-0.3, -0.25) is 4.79 Å². The summed E-state index contributed by atoms with van der Waals surface area (Å²) < 4.78 is 52.1. The van der Waals surface area contributed by atoms with E-state index in [-0.39, 0.29) is 48.5 Å². The summed E-state index contributed by atoms with van der Waals surface area (Å²) in [6.45, 7) is -0.0370. The van der Waals surface area contributed by atoms with Crippen LogP contribution in [-0.2, 0) is 37.2 Å². The number of aryl methyl sites for hydroxylation is 1. The van der Waals surface area contributed by atoms with Gasteiger partial charge in [0.15, 0.2) is 9.84 Å². The summed E-state index contributed by atoms with van der Waals surface area (Å²) >= 11 is 0. The Morgan fingerprint density at radius 2 is 1.71 bits per heavy atom. The highest BCUT2D eigenvalue weighted by Crippen LogP contribution is 2.39. The van der Waals surface area contributed by atoms with Crippen molar-refractivity contribution in [3.8, 4) is 11.5 Å². The van der Waals surface area contributed by atoms with E-state index in [1.807, 2.05) is 6.07 Å². The molecule has 38 heavy (non-hydrogen) atoms. The zero-order valence-electron chi connectivity index (χ0n) is 20.5. The average molecular weight is 542 g/mol. The molecule has 0 amide bonds. The quantitative estimate of drug-likeness (QED) is 0.361. The first-order valence-corrected chi connectivity index (χ1v) is 13.7. The van der Waals surface area contributed by atoms with E-state index in [0.29, 0.717) is 12.2 Å². The lowest BCUT2D eigenvalue weighted by Gasteiger charge is -2.29. The summed E-state index contributed by atoms with van der Waals surface area (Å²) in [7, 11) is -4.17. The zero-order valence-corrected chi connectivity index (χ0v) is 21.3. The van der Waals surface area contributed by atoms with Gasteiger partial charge in [0.1, 0.15) is 29.5 Å². The van der Waals surface area contributed by atoms with Gasteiger partial charge in [0.25, 0.3) is 0 Å². The van der Waals surface area contributed by atoms with Crippen LogP contribution in [0.3, 0.4) is 0 Å². The van der Waals surface area contributed by atoms with E-state index in [0.717, 1.165) is 5.56 Å². The minimum Gasteiger partial charge on any atom is -0.481 e. The van der Waals surface area contributed by atoms with Gasteiger partial charge in [-0.25, -0.2) is 17.6 Å².